The molecule has 0 saturated heterocycles. The number of amides is 2. The third-order valence-electron chi connectivity index (χ3n) is 4.97. The summed E-state index contributed by atoms with van der Waals surface area (Å²) in [7, 11) is 0. The Morgan fingerprint density at radius 1 is 0.870 bits per heavy atom. The van der Waals surface area contributed by atoms with Crippen LogP contribution in [0.3, 0.4) is 0 Å². The van der Waals surface area contributed by atoms with Gasteiger partial charge < -0.3 is 10.6 Å². The van der Waals surface area contributed by atoms with Crippen LogP contribution in [0.5, 0.6) is 0 Å². The molecule has 0 aromatic rings. The van der Waals surface area contributed by atoms with Crippen LogP contribution in [0.1, 0.15) is 40.5 Å². The average molecular weight is 582 g/mol. The Bertz CT molecular complexity index is 504. The maximum Gasteiger partial charge on any atom is 0.228 e. The summed E-state index contributed by atoms with van der Waals surface area (Å²) in [6.45, 7) is 8.96. The van der Waals surface area contributed by atoms with Crippen LogP contribution >= 0.6 is 63.7 Å². The van der Waals surface area contributed by atoms with Gasteiger partial charge in [0.25, 0.3) is 0 Å². The molecule has 2 N–H and O–H groups in total. The number of rotatable bonds is 6. The van der Waals surface area contributed by atoms with Crippen molar-refractivity contribution in [3.8, 4) is 0 Å². The van der Waals surface area contributed by atoms with E-state index in [2.05, 4.69) is 74.4 Å². The molecule has 0 radical (unpaired) electrons. The van der Waals surface area contributed by atoms with Crippen LogP contribution in [-0.4, -0.2) is 31.4 Å². The fourth-order valence-corrected chi connectivity index (χ4v) is 5.35. The van der Waals surface area contributed by atoms with E-state index < -0.39 is 10.8 Å². The number of hydrogen-bond acceptors (Lipinski definition) is 2. The van der Waals surface area contributed by atoms with Crippen molar-refractivity contribution >= 4 is 75.5 Å². The Labute approximate surface area is 171 Å². The van der Waals surface area contributed by atoms with Crippen molar-refractivity contribution in [1.29, 1.82) is 0 Å². The van der Waals surface area contributed by atoms with Crippen LogP contribution < -0.4 is 10.6 Å². The normalized spacial score (nSPS) is 33.7. The molecule has 8 heteroatoms. The molecule has 2 rings (SSSR count). The lowest BCUT2D eigenvalue weighted by Gasteiger charge is -2.27. The van der Waals surface area contributed by atoms with Crippen LogP contribution in [0, 0.1) is 16.2 Å². The van der Waals surface area contributed by atoms with E-state index in [4.69, 9.17) is 0 Å². The number of nitrogens with one attached hydrogen (secondary N) is 2. The maximum atomic E-state index is 12.3. The summed E-state index contributed by atoms with van der Waals surface area (Å²) in [6, 6.07) is 0. The molecule has 2 amide bonds. The minimum absolute atomic E-state index is 0.0275. The van der Waals surface area contributed by atoms with Crippen LogP contribution in [-0.2, 0) is 9.59 Å². The zero-order chi connectivity index (χ0) is 17.9. The van der Waals surface area contributed by atoms with Gasteiger partial charge >= 0.3 is 0 Å². The summed E-state index contributed by atoms with van der Waals surface area (Å²) in [6.07, 6.45) is 1.53. The Morgan fingerprint density at radius 3 is 1.35 bits per heavy atom. The van der Waals surface area contributed by atoms with Gasteiger partial charge in [-0.3, -0.25) is 9.59 Å². The van der Waals surface area contributed by atoms with Gasteiger partial charge in [-0.2, -0.15) is 0 Å². The van der Waals surface area contributed by atoms with Gasteiger partial charge in [0, 0.05) is 13.1 Å². The number of halogens is 4. The van der Waals surface area contributed by atoms with Gasteiger partial charge in [0.1, 0.15) is 0 Å². The predicted molar refractivity (Wildman–Crippen MR) is 106 cm³/mol. The van der Waals surface area contributed by atoms with Gasteiger partial charge in [-0.25, -0.2) is 0 Å². The lowest BCUT2D eigenvalue weighted by atomic mass is 9.92. The van der Waals surface area contributed by atoms with E-state index in [0.717, 1.165) is 12.8 Å². The van der Waals surface area contributed by atoms with E-state index in [1.165, 1.54) is 0 Å². The first-order chi connectivity index (χ1) is 10.2. The molecule has 0 aromatic heterocycles. The molecule has 0 bridgehead atoms. The zero-order valence-corrected chi connectivity index (χ0v) is 20.0. The maximum absolute atomic E-state index is 12.3. The molecule has 2 aliphatic carbocycles. The van der Waals surface area contributed by atoms with Crippen molar-refractivity contribution in [2.24, 2.45) is 16.2 Å². The molecule has 2 fully saturated rings. The Kier molecular flexibility index (Phi) is 5.22. The first-order valence-electron chi connectivity index (χ1n) is 7.49. The van der Waals surface area contributed by atoms with Gasteiger partial charge in [0.15, 0.2) is 0 Å². The minimum atomic E-state index is -0.417. The minimum Gasteiger partial charge on any atom is -0.355 e. The van der Waals surface area contributed by atoms with Crippen molar-refractivity contribution in [3.63, 3.8) is 0 Å². The summed E-state index contributed by atoms with van der Waals surface area (Å²) < 4.78 is -0.573. The van der Waals surface area contributed by atoms with E-state index in [9.17, 15) is 9.59 Å². The van der Waals surface area contributed by atoms with E-state index >= 15 is 0 Å². The molecule has 2 aliphatic rings. The van der Waals surface area contributed by atoms with Gasteiger partial charge in [-0.05, 0) is 32.1 Å². The van der Waals surface area contributed by atoms with Crippen LogP contribution in [0.25, 0.3) is 0 Å². The Morgan fingerprint density at radius 2 is 1.13 bits per heavy atom. The fourth-order valence-electron chi connectivity index (χ4n) is 2.38. The van der Waals surface area contributed by atoms with E-state index in [0.29, 0.717) is 13.1 Å². The van der Waals surface area contributed by atoms with Crippen molar-refractivity contribution in [1.82, 2.24) is 10.6 Å². The molecule has 2 saturated carbocycles. The molecule has 2 atom stereocenters. The highest BCUT2D eigenvalue weighted by Gasteiger charge is 2.67. The molecule has 4 nitrogen and oxygen atoms in total. The second-order valence-electron chi connectivity index (χ2n) is 7.96. The van der Waals surface area contributed by atoms with E-state index in [1.807, 2.05) is 27.7 Å². The fraction of sp³-hybridized carbons (Fsp3) is 0.867. The highest BCUT2D eigenvalue weighted by atomic mass is 79.9. The smallest absolute Gasteiger partial charge is 0.228 e. The lowest BCUT2D eigenvalue weighted by molar-refractivity contribution is -0.126. The van der Waals surface area contributed by atoms with Crippen molar-refractivity contribution in [2.45, 2.75) is 47.0 Å². The lowest BCUT2D eigenvalue weighted by Crippen LogP contribution is -2.45. The third kappa shape index (κ3) is 3.85. The topological polar surface area (TPSA) is 58.2 Å². The molecule has 23 heavy (non-hydrogen) atoms. The van der Waals surface area contributed by atoms with Crippen molar-refractivity contribution in [3.05, 3.63) is 0 Å². The Balaban J connectivity index is 1.79. The first-order valence-corrected chi connectivity index (χ1v) is 10.7. The van der Waals surface area contributed by atoms with Crippen molar-refractivity contribution < 1.29 is 9.59 Å². The van der Waals surface area contributed by atoms with Gasteiger partial charge in [-0.15, -0.1) is 0 Å². The van der Waals surface area contributed by atoms with Crippen LogP contribution in [0.2, 0.25) is 0 Å². The van der Waals surface area contributed by atoms with Crippen LogP contribution in [0.15, 0.2) is 0 Å². The summed E-state index contributed by atoms with van der Waals surface area (Å²) in [5.74, 6) is 0.0551. The van der Waals surface area contributed by atoms with Gasteiger partial charge in [-0.1, -0.05) is 77.6 Å². The zero-order valence-electron chi connectivity index (χ0n) is 13.7. The number of carbonyl (C=O) groups is 2. The summed E-state index contributed by atoms with van der Waals surface area (Å²) in [5.41, 5.74) is -1.05. The molecule has 132 valence electrons. The van der Waals surface area contributed by atoms with Crippen molar-refractivity contribution in [2.75, 3.05) is 13.1 Å². The molecule has 0 spiro atoms. The molecule has 0 aliphatic heterocycles. The second kappa shape index (κ2) is 5.95. The molecule has 0 unspecified atom stereocenters. The molecular weight excluding hydrogens is 560 g/mol. The SMILES string of the molecule is CC(C)(CNC(=O)[C@]1(C)CC1(Br)Br)CNC(=O)[C@]1(C)CC1(Br)Br. The average Bonchev–Trinajstić information content (AvgIpc) is 3.13. The number of carbonyl (C=O) groups excluding carboxylic acids is 2. The highest BCUT2D eigenvalue weighted by Crippen LogP contribution is 2.67. The van der Waals surface area contributed by atoms with Gasteiger partial charge in [0.2, 0.25) is 11.8 Å². The van der Waals surface area contributed by atoms with E-state index in [-0.39, 0.29) is 23.7 Å². The monoisotopic (exact) mass is 578 g/mol. The Hall–Kier alpha value is 0.860. The first kappa shape index (κ1) is 20.2. The van der Waals surface area contributed by atoms with E-state index in [1.54, 1.807) is 0 Å². The number of hydrogen-bond donors (Lipinski definition) is 2. The molecule has 0 heterocycles. The highest BCUT2D eigenvalue weighted by molar-refractivity contribution is 9.26. The second-order valence-corrected chi connectivity index (χ2v) is 15.5. The largest absolute Gasteiger partial charge is 0.355 e. The number of alkyl halides is 4. The summed E-state index contributed by atoms with van der Waals surface area (Å²) in [5, 5.41) is 6.01. The molecule has 0 aromatic carbocycles. The van der Waals surface area contributed by atoms with Gasteiger partial charge in [0.05, 0.1) is 17.3 Å². The summed E-state index contributed by atoms with van der Waals surface area (Å²) >= 11 is 14.0. The summed E-state index contributed by atoms with van der Waals surface area (Å²) in [4.78, 5) is 24.6. The predicted octanol–water partition coefficient (Wildman–Crippen LogP) is 4.04. The molecular formula is C15H22Br4N2O2. The quantitative estimate of drug-likeness (QED) is 0.466. The standard InChI is InChI=1S/C15H22Br4N2O2/c1-11(2,7-20-9(22)12(3)5-14(12,16)17)8-21-10(23)13(4)6-15(13,18)19/h5-8H2,1-4H3,(H,20,22)(H,21,23)/t12-,13-/m0/s1. The van der Waals surface area contributed by atoms with Crippen LogP contribution in [0.4, 0.5) is 0 Å². The third-order valence-corrected chi connectivity index (χ3v) is 9.59.